The van der Waals surface area contributed by atoms with E-state index in [-0.39, 0.29) is 0 Å². The maximum absolute atomic E-state index is 5.90. The van der Waals surface area contributed by atoms with Crippen molar-refractivity contribution in [3.8, 4) is 5.75 Å². The summed E-state index contributed by atoms with van der Waals surface area (Å²) in [5.41, 5.74) is 1.81. The standard InChI is InChI=1S/C15H13ClNO2/c1-18-17-10-12-5-2-3-6-13(12)11-19-15-8-4-7-14(16)9-15/h2-9H,11H2,1H3. The molecular formula is C15H13ClNO2. The third-order valence-electron chi connectivity index (χ3n) is 2.47. The van der Waals surface area contributed by atoms with Crippen molar-refractivity contribution in [2.24, 2.45) is 5.16 Å². The molecule has 0 aliphatic rings. The van der Waals surface area contributed by atoms with Crippen LogP contribution in [0.15, 0.2) is 53.7 Å². The van der Waals surface area contributed by atoms with E-state index in [2.05, 4.69) is 16.2 Å². The molecule has 0 saturated carbocycles. The highest BCUT2D eigenvalue weighted by molar-refractivity contribution is 6.30. The minimum Gasteiger partial charge on any atom is -0.489 e. The number of hydrogen-bond acceptors (Lipinski definition) is 3. The van der Waals surface area contributed by atoms with E-state index in [1.165, 1.54) is 7.11 Å². The first-order chi connectivity index (χ1) is 9.29. The van der Waals surface area contributed by atoms with Gasteiger partial charge in [-0.1, -0.05) is 47.1 Å². The monoisotopic (exact) mass is 274 g/mol. The lowest BCUT2D eigenvalue weighted by Crippen LogP contribution is -1.99. The molecule has 0 bridgehead atoms. The summed E-state index contributed by atoms with van der Waals surface area (Å²) < 4.78 is 5.69. The molecule has 2 aromatic rings. The first-order valence-electron chi connectivity index (χ1n) is 5.75. The van der Waals surface area contributed by atoms with Gasteiger partial charge < -0.3 is 9.57 Å². The van der Waals surface area contributed by atoms with Gasteiger partial charge in [0.05, 0.1) is 0 Å². The van der Waals surface area contributed by atoms with Crippen molar-refractivity contribution in [3.05, 3.63) is 64.7 Å². The van der Waals surface area contributed by atoms with Crippen LogP contribution in [0.1, 0.15) is 11.1 Å². The zero-order chi connectivity index (χ0) is 13.5. The van der Waals surface area contributed by atoms with E-state index in [0.717, 1.165) is 16.9 Å². The van der Waals surface area contributed by atoms with Crippen LogP contribution in [0.3, 0.4) is 0 Å². The number of rotatable bonds is 5. The molecule has 97 valence electrons. The summed E-state index contributed by atoms with van der Waals surface area (Å²) in [5.74, 6) is 0.728. The first kappa shape index (κ1) is 13.4. The largest absolute Gasteiger partial charge is 0.489 e. The second kappa shape index (κ2) is 6.81. The number of hydrogen-bond donors (Lipinski definition) is 0. The lowest BCUT2D eigenvalue weighted by atomic mass is 10.1. The Hall–Kier alpha value is -2.00. The molecule has 0 unspecified atom stereocenters. The Morgan fingerprint density at radius 1 is 1.16 bits per heavy atom. The summed E-state index contributed by atoms with van der Waals surface area (Å²) in [6.07, 6.45) is 2.81. The van der Waals surface area contributed by atoms with Gasteiger partial charge in [0.1, 0.15) is 25.7 Å². The first-order valence-corrected chi connectivity index (χ1v) is 6.13. The fraction of sp³-hybridized carbons (Fsp3) is 0.133. The Morgan fingerprint density at radius 2 is 2.00 bits per heavy atom. The molecule has 3 nitrogen and oxygen atoms in total. The van der Waals surface area contributed by atoms with Gasteiger partial charge in [0, 0.05) is 10.6 Å². The van der Waals surface area contributed by atoms with Crippen LogP contribution in [-0.2, 0) is 11.4 Å². The zero-order valence-corrected chi connectivity index (χ0v) is 11.2. The molecule has 0 amide bonds. The Kier molecular flexibility index (Phi) is 4.81. The van der Waals surface area contributed by atoms with Crippen LogP contribution in [-0.4, -0.2) is 13.3 Å². The van der Waals surface area contributed by atoms with Crippen LogP contribution in [0.2, 0.25) is 5.02 Å². The number of ether oxygens (including phenoxy) is 1. The molecule has 0 aliphatic heterocycles. The van der Waals surface area contributed by atoms with E-state index in [0.29, 0.717) is 11.6 Å². The Bertz CT molecular complexity index is 570. The molecule has 2 aromatic carbocycles. The smallest absolute Gasteiger partial charge is 0.140 e. The van der Waals surface area contributed by atoms with Crippen molar-refractivity contribution in [1.29, 1.82) is 0 Å². The Labute approximate surface area is 117 Å². The van der Waals surface area contributed by atoms with Gasteiger partial charge in [0.2, 0.25) is 0 Å². The minimum absolute atomic E-state index is 0.419. The van der Waals surface area contributed by atoms with Crippen molar-refractivity contribution in [3.63, 3.8) is 0 Å². The number of halogens is 1. The molecular weight excluding hydrogens is 262 g/mol. The zero-order valence-electron chi connectivity index (χ0n) is 10.5. The maximum atomic E-state index is 5.90. The normalized spacial score (nSPS) is 10.6. The van der Waals surface area contributed by atoms with Gasteiger partial charge in [-0.15, -0.1) is 0 Å². The van der Waals surface area contributed by atoms with Crippen LogP contribution in [0.5, 0.6) is 5.75 Å². The third-order valence-corrected chi connectivity index (χ3v) is 2.70. The predicted octanol–water partition coefficient (Wildman–Crippen LogP) is 3.78. The average molecular weight is 275 g/mol. The molecule has 0 heterocycles. The summed E-state index contributed by atoms with van der Waals surface area (Å²) in [7, 11) is 1.48. The maximum Gasteiger partial charge on any atom is 0.140 e. The SMILES string of the molecule is CON=[C]c1ccccc1COc1cccc(Cl)c1. The molecule has 19 heavy (non-hydrogen) atoms. The summed E-state index contributed by atoms with van der Waals surface area (Å²) in [6, 6.07) is 15.0. The molecule has 0 atom stereocenters. The van der Waals surface area contributed by atoms with E-state index in [9.17, 15) is 0 Å². The van der Waals surface area contributed by atoms with Crippen LogP contribution >= 0.6 is 11.6 Å². The topological polar surface area (TPSA) is 30.8 Å². The average Bonchev–Trinajstić information content (AvgIpc) is 2.44. The molecule has 2 rings (SSSR count). The molecule has 4 heteroatoms. The fourth-order valence-corrected chi connectivity index (χ4v) is 1.75. The summed E-state index contributed by atoms with van der Waals surface area (Å²) in [5, 5.41) is 4.30. The Balaban J connectivity index is 2.09. The summed E-state index contributed by atoms with van der Waals surface area (Å²) in [6.45, 7) is 0.419. The van der Waals surface area contributed by atoms with Crippen LogP contribution in [0, 0.1) is 0 Å². The van der Waals surface area contributed by atoms with Crippen molar-refractivity contribution in [1.82, 2.24) is 0 Å². The highest BCUT2D eigenvalue weighted by atomic mass is 35.5. The second-order valence-corrected chi connectivity index (χ2v) is 4.23. The molecule has 0 aromatic heterocycles. The fourth-order valence-electron chi connectivity index (χ4n) is 1.57. The van der Waals surface area contributed by atoms with Crippen molar-refractivity contribution in [2.45, 2.75) is 6.61 Å². The van der Waals surface area contributed by atoms with Gasteiger partial charge in [0.15, 0.2) is 0 Å². The van der Waals surface area contributed by atoms with Gasteiger partial charge in [-0.3, -0.25) is 0 Å². The van der Waals surface area contributed by atoms with E-state index < -0.39 is 0 Å². The summed E-state index contributed by atoms with van der Waals surface area (Å²) >= 11 is 5.90. The van der Waals surface area contributed by atoms with E-state index in [1.54, 1.807) is 12.1 Å². The molecule has 0 fully saturated rings. The van der Waals surface area contributed by atoms with Gasteiger partial charge in [-0.05, 0) is 23.8 Å². The van der Waals surface area contributed by atoms with Crippen LogP contribution < -0.4 is 4.74 Å². The quantitative estimate of drug-likeness (QED) is 0.614. The van der Waals surface area contributed by atoms with Crippen LogP contribution in [0.4, 0.5) is 0 Å². The third kappa shape index (κ3) is 4.00. The molecule has 0 saturated heterocycles. The molecule has 1 radical (unpaired) electrons. The number of nitrogens with zero attached hydrogens (tertiary/aromatic N) is 1. The number of benzene rings is 2. The minimum atomic E-state index is 0.419. The molecule has 0 spiro atoms. The van der Waals surface area contributed by atoms with Gasteiger partial charge in [0.25, 0.3) is 0 Å². The molecule has 0 N–H and O–H groups in total. The Morgan fingerprint density at radius 3 is 2.79 bits per heavy atom. The lowest BCUT2D eigenvalue weighted by Gasteiger charge is -2.08. The van der Waals surface area contributed by atoms with E-state index >= 15 is 0 Å². The lowest BCUT2D eigenvalue weighted by molar-refractivity contribution is 0.215. The van der Waals surface area contributed by atoms with E-state index in [1.807, 2.05) is 36.4 Å². The highest BCUT2D eigenvalue weighted by Crippen LogP contribution is 2.19. The second-order valence-electron chi connectivity index (χ2n) is 3.79. The highest BCUT2D eigenvalue weighted by Gasteiger charge is 2.02. The van der Waals surface area contributed by atoms with Crippen molar-refractivity contribution >= 4 is 17.8 Å². The van der Waals surface area contributed by atoms with Gasteiger partial charge in [-0.2, -0.15) is 0 Å². The van der Waals surface area contributed by atoms with E-state index in [4.69, 9.17) is 16.3 Å². The van der Waals surface area contributed by atoms with Gasteiger partial charge in [-0.25, -0.2) is 0 Å². The van der Waals surface area contributed by atoms with Crippen molar-refractivity contribution in [2.75, 3.05) is 7.11 Å². The van der Waals surface area contributed by atoms with Crippen LogP contribution in [0.25, 0.3) is 0 Å². The summed E-state index contributed by atoms with van der Waals surface area (Å²) in [4.78, 5) is 4.63. The predicted molar refractivity (Wildman–Crippen MR) is 75.8 cm³/mol. The van der Waals surface area contributed by atoms with Crippen molar-refractivity contribution < 1.29 is 9.57 Å². The van der Waals surface area contributed by atoms with Gasteiger partial charge >= 0.3 is 0 Å². The molecule has 0 aliphatic carbocycles.